The monoisotopic (exact) mass is 357 g/mol. The van der Waals surface area contributed by atoms with E-state index in [9.17, 15) is 0 Å². The highest BCUT2D eigenvalue weighted by atomic mass is 16.5. The number of allylic oxidation sites excluding steroid dienone is 6. The van der Waals surface area contributed by atoms with Gasteiger partial charge in [0.05, 0.1) is 11.0 Å². The molecule has 3 nitrogen and oxygen atoms in total. The van der Waals surface area contributed by atoms with Crippen LogP contribution >= 0.6 is 0 Å². The topological polar surface area (TPSA) is 25.5 Å². The molecule has 1 aliphatic heterocycles. The van der Waals surface area contributed by atoms with Gasteiger partial charge in [0.25, 0.3) is 0 Å². The van der Waals surface area contributed by atoms with Crippen LogP contribution in [0.3, 0.4) is 0 Å². The maximum atomic E-state index is 5.88. The van der Waals surface area contributed by atoms with Crippen molar-refractivity contribution in [3.8, 4) is 0 Å². The molecule has 0 saturated heterocycles. The molecule has 136 valence electrons. The molecular formula is C24H25N2O+. The molecular weight excluding hydrogens is 332 g/mol. The number of nitrogens with zero attached hydrogens (tertiary/aromatic N) is 2. The molecule has 1 aromatic heterocycles. The van der Waals surface area contributed by atoms with Gasteiger partial charge < -0.3 is 4.74 Å². The number of pyridine rings is 1. The number of aliphatic imine (C=N–C) groups is 1. The molecule has 0 saturated carbocycles. The Kier molecular flexibility index (Phi) is 5.82. The van der Waals surface area contributed by atoms with E-state index < -0.39 is 0 Å². The van der Waals surface area contributed by atoms with Gasteiger partial charge in [-0.05, 0) is 49.4 Å². The Morgan fingerprint density at radius 2 is 1.85 bits per heavy atom. The van der Waals surface area contributed by atoms with Crippen LogP contribution in [0.1, 0.15) is 25.5 Å². The fourth-order valence-electron chi connectivity index (χ4n) is 3.20. The predicted octanol–water partition coefficient (Wildman–Crippen LogP) is 5.42. The van der Waals surface area contributed by atoms with Gasteiger partial charge in [-0.25, -0.2) is 9.56 Å². The maximum absolute atomic E-state index is 5.88. The molecule has 3 rings (SSSR count). The third-order valence-electron chi connectivity index (χ3n) is 4.51. The van der Waals surface area contributed by atoms with Crippen molar-refractivity contribution in [3.63, 3.8) is 0 Å². The third-order valence-corrected chi connectivity index (χ3v) is 4.51. The molecule has 0 atom stereocenters. The number of benzene rings is 1. The van der Waals surface area contributed by atoms with Crippen LogP contribution in [0.4, 0.5) is 0 Å². The molecule has 27 heavy (non-hydrogen) atoms. The zero-order chi connectivity index (χ0) is 19.2. The average molecular weight is 357 g/mol. The molecule has 0 aliphatic carbocycles. The first-order valence-electron chi connectivity index (χ1n) is 9.08. The number of rotatable bonds is 1. The Bertz CT molecular complexity index is 1010. The summed E-state index contributed by atoms with van der Waals surface area (Å²) in [4.78, 5) is 4.24. The second-order valence-electron chi connectivity index (χ2n) is 6.53. The zero-order valence-electron chi connectivity index (χ0n) is 16.0. The highest BCUT2D eigenvalue weighted by Gasteiger charge is 2.23. The van der Waals surface area contributed by atoms with Crippen molar-refractivity contribution < 1.29 is 9.30 Å². The highest BCUT2D eigenvalue weighted by Crippen LogP contribution is 2.31. The summed E-state index contributed by atoms with van der Waals surface area (Å²) in [7, 11) is 2.04. The Morgan fingerprint density at radius 1 is 1.07 bits per heavy atom. The lowest BCUT2D eigenvalue weighted by Crippen LogP contribution is -2.33. The smallest absolute Gasteiger partial charge is 0.224 e. The quantitative estimate of drug-likeness (QED) is 0.626. The molecule has 0 unspecified atom stereocenters. The largest absolute Gasteiger partial charge is 0.439 e. The summed E-state index contributed by atoms with van der Waals surface area (Å²) < 4.78 is 7.99. The summed E-state index contributed by atoms with van der Waals surface area (Å²) in [6.07, 6.45) is 14.0. The molecule has 2 aromatic rings. The maximum Gasteiger partial charge on any atom is 0.224 e. The molecule has 1 aliphatic rings. The third kappa shape index (κ3) is 4.32. The zero-order valence-corrected chi connectivity index (χ0v) is 16.0. The number of hydrogen-bond acceptors (Lipinski definition) is 2. The minimum atomic E-state index is 0.320. The average Bonchev–Trinajstić information content (AvgIpc) is 2.66. The van der Waals surface area contributed by atoms with E-state index in [1.807, 2.05) is 19.2 Å². The first-order chi connectivity index (χ1) is 13.1. The molecule has 1 aromatic carbocycles. The van der Waals surface area contributed by atoms with Crippen molar-refractivity contribution >= 4 is 22.6 Å². The van der Waals surface area contributed by atoms with E-state index in [0.29, 0.717) is 11.6 Å². The summed E-state index contributed by atoms with van der Waals surface area (Å²) in [5.41, 5.74) is 3.10. The fraction of sp³-hybridized carbons (Fsp3) is 0.167. The second kappa shape index (κ2) is 8.45. The number of fused-ring (bicyclic) bond motifs is 1. The normalized spacial score (nSPS) is 22.3. The summed E-state index contributed by atoms with van der Waals surface area (Å²) in [5.74, 6) is 0.857. The van der Waals surface area contributed by atoms with Crippen LogP contribution in [-0.2, 0) is 11.8 Å². The SMILES string of the molecule is C=C1/N=C\C=C/CC/C=C\C(C)=C(\c2c3ccccc3cc[n+]2C)C(=C)O1. The van der Waals surface area contributed by atoms with Crippen LogP contribution in [0.25, 0.3) is 16.3 Å². The van der Waals surface area contributed by atoms with Crippen molar-refractivity contribution in [1.29, 1.82) is 0 Å². The highest BCUT2D eigenvalue weighted by molar-refractivity contribution is 5.95. The molecule has 3 heteroatoms. The van der Waals surface area contributed by atoms with Crippen molar-refractivity contribution in [3.05, 3.63) is 96.9 Å². The van der Waals surface area contributed by atoms with Crippen LogP contribution in [0, 0.1) is 0 Å². The van der Waals surface area contributed by atoms with Gasteiger partial charge in [-0.15, -0.1) is 0 Å². The van der Waals surface area contributed by atoms with Gasteiger partial charge >= 0.3 is 0 Å². The van der Waals surface area contributed by atoms with Crippen molar-refractivity contribution in [1.82, 2.24) is 0 Å². The van der Waals surface area contributed by atoms with Gasteiger partial charge in [-0.2, -0.15) is 0 Å². The van der Waals surface area contributed by atoms with Gasteiger partial charge in [-0.1, -0.05) is 43.0 Å². The Labute approximate surface area is 161 Å². The minimum absolute atomic E-state index is 0.320. The van der Waals surface area contributed by atoms with E-state index in [0.717, 1.165) is 35.1 Å². The van der Waals surface area contributed by atoms with Crippen LogP contribution in [0.2, 0.25) is 0 Å². The van der Waals surface area contributed by atoms with E-state index >= 15 is 0 Å². The summed E-state index contributed by atoms with van der Waals surface area (Å²) in [6, 6.07) is 10.5. The van der Waals surface area contributed by atoms with E-state index in [1.54, 1.807) is 6.21 Å². The molecule has 0 amide bonds. The van der Waals surface area contributed by atoms with Crippen LogP contribution in [0.5, 0.6) is 0 Å². The summed E-state index contributed by atoms with van der Waals surface area (Å²) >= 11 is 0. The lowest BCUT2D eigenvalue weighted by atomic mass is 9.98. The van der Waals surface area contributed by atoms with Crippen LogP contribution < -0.4 is 4.57 Å². The van der Waals surface area contributed by atoms with Gasteiger partial charge in [0, 0.05) is 12.3 Å². The molecule has 0 radical (unpaired) electrons. The van der Waals surface area contributed by atoms with Gasteiger partial charge in [0.15, 0.2) is 6.20 Å². The van der Waals surface area contributed by atoms with Gasteiger partial charge in [-0.3, -0.25) is 0 Å². The predicted molar refractivity (Wildman–Crippen MR) is 113 cm³/mol. The lowest BCUT2D eigenvalue weighted by molar-refractivity contribution is -0.672. The lowest BCUT2D eigenvalue weighted by Gasteiger charge is -2.14. The minimum Gasteiger partial charge on any atom is -0.439 e. The van der Waals surface area contributed by atoms with E-state index in [2.05, 4.69) is 78.3 Å². The fourth-order valence-corrected chi connectivity index (χ4v) is 3.20. The number of aryl methyl sites for hydroxylation is 1. The standard InChI is InChI=1S/C24H25N2O/c1-18-12-8-6-5-7-11-16-25-20(3)27-19(2)23(18)24-22-14-10-9-13-21(22)15-17-26(24)4/h7-17H,2-3,5-6H2,1,4H3/q+1/b11-7-,12-8-,23-18+,25-16-. The first kappa shape index (κ1) is 18.6. The Morgan fingerprint density at radius 3 is 2.70 bits per heavy atom. The van der Waals surface area contributed by atoms with Crippen molar-refractivity contribution in [2.75, 3.05) is 0 Å². The van der Waals surface area contributed by atoms with E-state index in [-0.39, 0.29) is 0 Å². The summed E-state index contributed by atoms with van der Waals surface area (Å²) in [6.45, 7) is 10.2. The molecule has 2 heterocycles. The Balaban J connectivity index is 2.20. The van der Waals surface area contributed by atoms with Crippen LogP contribution in [0.15, 0.2) is 96.2 Å². The molecule has 0 N–H and O–H groups in total. The van der Waals surface area contributed by atoms with Crippen molar-refractivity contribution in [2.45, 2.75) is 19.8 Å². The molecule has 0 spiro atoms. The molecule has 0 bridgehead atoms. The van der Waals surface area contributed by atoms with E-state index in [1.165, 1.54) is 5.39 Å². The van der Waals surface area contributed by atoms with Crippen molar-refractivity contribution in [2.24, 2.45) is 12.0 Å². The first-order valence-corrected chi connectivity index (χ1v) is 9.08. The number of hydrogen-bond donors (Lipinski definition) is 0. The Hall–Kier alpha value is -3.20. The van der Waals surface area contributed by atoms with E-state index in [4.69, 9.17) is 4.74 Å². The summed E-state index contributed by atoms with van der Waals surface area (Å²) in [5, 5.41) is 2.32. The van der Waals surface area contributed by atoms with Crippen LogP contribution in [-0.4, -0.2) is 6.21 Å². The second-order valence-corrected chi connectivity index (χ2v) is 6.53. The number of aromatic nitrogens is 1. The molecule has 0 fully saturated rings. The van der Waals surface area contributed by atoms with Gasteiger partial charge in [0.1, 0.15) is 12.8 Å². The van der Waals surface area contributed by atoms with Gasteiger partial charge in [0.2, 0.25) is 11.6 Å². The number of ether oxygens (including phenoxy) is 1.